The smallest absolute Gasteiger partial charge is 0.240 e. The van der Waals surface area contributed by atoms with Gasteiger partial charge in [0.15, 0.2) is 0 Å². The van der Waals surface area contributed by atoms with E-state index in [0.29, 0.717) is 18.7 Å². The van der Waals surface area contributed by atoms with E-state index >= 15 is 0 Å². The van der Waals surface area contributed by atoms with Crippen molar-refractivity contribution in [1.29, 1.82) is 0 Å². The number of sulfonamides is 1. The van der Waals surface area contributed by atoms with Gasteiger partial charge in [0.2, 0.25) is 10.0 Å². The molecule has 4 rings (SSSR count). The molecule has 1 aromatic heterocycles. The van der Waals surface area contributed by atoms with E-state index in [1.807, 2.05) is 6.07 Å². The second-order valence-electron chi connectivity index (χ2n) is 7.13. The zero-order chi connectivity index (χ0) is 20.3. The fourth-order valence-electron chi connectivity index (χ4n) is 3.58. The van der Waals surface area contributed by atoms with Gasteiger partial charge in [-0.3, -0.25) is 0 Å². The fourth-order valence-corrected chi connectivity index (χ4v) is 4.92. The van der Waals surface area contributed by atoms with Crippen LogP contribution in [-0.4, -0.2) is 42.8 Å². The van der Waals surface area contributed by atoms with Crippen molar-refractivity contribution in [3.63, 3.8) is 0 Å². The van der Waals surface area contributed by atoms with E-state index in [1.54, 1.807) is 41.3 Å². The highest BCUT2D eigenvalue weighted by atomic mass is 32.2. The van der Waals surface area contributed by atoms with Gasteiger partial charge in [-0.15, -0.1) is 0 Å². The van der Waals surface area contributed by atoms with Crippen LogP contribution in [0.5, 0.6) is 0 Å². The zero-order valence-corrected chi connectivity index (χ0v) is 16.6. The maximum atomic E-state index is 13.1. The van der Waals surface area contributed by atoms with E-state index in [1.165, 1.54) is 18.5 Å². The van der Waals surface area contributed by atoms with Gasteiger partial charge in [0.1, 0.15) is 18.5 Å². The zero-order valence-electron chi connectivity index (χ0n) is 15.8. The van der Waals surface area contributed by atoms with Crippen LogP contribution in [0.3, 0.4) is 0 Å². The topological polar surface area (TPSA) is 80.1 Å². The van der Waals surface area contributed by atoms with Gasteiger partial charge in [-0.25, -0.2) is 27.2 Å². The molecular weight excluding hydrogens is 393 g/mol. The molecule has 1 aliphatic heterocycles. The lowest BCUT2D eigenvalue weighted by molar-refractivity contribution is 0.540. The maximum Gasteiger partial charge on any atom is 0.240 e. The summed E-state index contributed by atoms with van der Waals surface area (Å²) in [5.41, 5.74) is 1.61. The summed E-state index contributed by atoms with van der Waals surface area (Å²) in [6.45, 7) is 2.24. The molecule has 3 aromatic rings. The first kappa shape index (κ1) is 19.5. The Hall–Kier alpha value is -2.78. The molecule has 0 spiro atoms. The number of hydrogen-bond acceptors (Lipinski definition) is 5. The van der Waals surface area contributed by atoms with Crippen LogP contribution in [0.4, 0.5) is 10.1 Å². The number of nitrogens with zero attached hydrogens (tertiary/aromatic N) is 4. The molecule has 0 aliphatic carbocycles. The average Bonchev–Trinajstić information content (AvgIpc) is 3.40. The van der Waals surface area contributed by atoms with Crippen molar-refractivity contribution >= 4 is 15.7 Å². The van der Waals surface area contributed by atoms with Gasteiger partial charge in [0.25, 0.3) is 0 Å². The van der Waals surface area contributed by atoms with Crippen molar-refractivity contribution in [3.05, 3.63) is 72.6 Å². The van der Waals surface area contributed by atoms with Crippen molar-refractivity contribution in [2.45, 2.75) is 17.9 Å². The molecule has 9 heteroatoms. The van der Waals surface area contributed by atoms with Crippen molar-refractivity contribution < 1.29 is 12.8 Å². The molecule has 2 aromatic carbocycles. The summed E-state index contributed by atoms with van der Waals surface area (Å²) in [5, 5.41) is 4.05. The molecule has 152 valence electrons. The molecule has 1 N–H and O–H groups in total. The number of benzene rings is 2. The number of aromatic nitrogens is 3. The lowest BCUT2D eigenvalue weighted by atomic mass is 10.1. The van der Waals surface area contributed by atoms with Crippen molar-refractivity contribution in [2.75, 3.05) is 24.5 Å². The number of hydrogen-bond donors (Lipinski definition) is 1. The minimum atomic E-state index is -3.65. The van der Waals surface area contributed by atoms with Crippen LogP contribution in [0.2, 0.25) is 0 Å². The first-order valence-electron chi connectivity index (χ1n) is 9.42. The molecule has 1 aliphatic rings. The third-order valence-electron chi connectivity index (χ3n) is 5.10. The van der Waals surface area contributed by atoms with Crippen LogP contribution in [-0.2, 0) is 16.6 Å². The predicted molar refractivity (Wildman–Crippen MR) is 107 cm³/mol. The number of anilines is 1. The van der Waals surface area contributed by atoms with Gasteiger partial charge in [0.05, 0.1) is 11.4 Å². The summed E-state index contributed by atoms with van der Waals surface area (Å²) >= 11 is 0. The molecule has 2 heterocycles. The van der Waals surface area contributed by atoms with Crippen molar-refractivity contribution in [3.8, 4) is 0 Å². The highest BCUT2D eigenvalue weighted by molar-refractivity contribution is 7.89. The second kappa shape index (κ2) is 8.30. The first-order chi connectivity index (χ1) is 14.0. The summed E-state index contributed by atoms with van der Waals surface area (Å²) in [6.07, 6.45) is 3.85. The van der Waals surface area contributed by atoms with Gasteiger partial charge in [0, 0.05) is 25.3 Å². The normalized spacial score (nSPS) is 17.0. The van der Waals surface area contributed by atoms with Gasteiger partial charge in [-0.2, -0.15) is 5.10 Å². The molecule has 0 amide bonds. The number of halogens is 1. The molecule has 7 nitrogen and oxygen atoms in total. The highest BCUT2D eigenvalue weighted by Gasteiger charge is 2.25. The van der Waals surface area contributed by atoms with Gasteiger partial charge in [-0.1, -0.05) is 18.2 Å². The first-order valence-corrected chi connectivity index (χ1v) is 10.9. The standard InChI is InChI=1S/C20H22FN5O2S/c21-18-5-7-19(8-6-18)25-10-9-16(12-25)11-24-29(27,28)20-4-2-1-3-17(20)13-26-15-22-14-23-26/h1-8,14-16,24H,9-13H2/t16-/m0/s1. The Morgan fingerprint density at radius 1 is 1.14 bits per heavy atom. The van der Waals surface area contributed by atoms with Crippen LogP contribution < -0.4 is 9.62 Å². The monoisotopic (exact) mass is 415 g/mol. The number of rotatable bonds is 7. The summed E-state index contributed by atoms with van der Waals surface area (Å²) < 4.78 is 43.3. The largest absolute Gasteiger partial charge is 0.371 e. The highest BCUT2D eigenvalue weighted by Crippen LogP contribution is 2.24. The van der Waals surface area contributed by atoms with Crippen LogP contribution in [0, 0.1) is 11.7 Å². The minimum Gasteiger partial charge on any atom is -0.371 e. The lowest BCUT2D eigenvalue weighted by Gasteiger charge is -2.19. The molecule has 1 atom stereocenters. The summed E-state index contributed by atoms with van der Waals surface area (Å²) in [7, 11) is -3.65. The summed E-state index contributed by atoms with van der Waals surface area (Å²) in [4.78, 5) is 6.30. The fraction of sp³-hybridized carbons (Fsp3) is 0.300. The van der Waals surface area contributed by atoms with Gasteiger partial charge in [-0.05, 0) is 48.2 Å². The Kier molecular flexibility index (Phi) is 5.59. The molecule has 1 fully saturated rings. The van der Waals surface area contributed by atoms with Crippen LogP contribution >= 0.6 is 0 Å². The van der Waals surface area contributed by atoms with Crippen LogP contribution in [0.15, 0.2) is 66.1 Å². The Labute approximate surface area is 169 Å². The van der Waals surface area contributed by atoms with Crippen LogP contribution in [0.1, 0.15) is 12.0 Å². The van der Waals surface area contributed by atoms with Gasteiger partial charge < -0.3 is 4.90 Å². The third kappa shape index (κ3) is 4.63. The summed E-state index contributed by atoms with van der Waals surface area (Å²) in [5.74, 6) is -0.0703. The third-order valence-corrected chi connectivity index (χ3v) is 6.62. The van der Waals surface area contributed by atoms with Crippen LogP contribution in [0.25, 0.3) is 0 Å². The quantitative estimate of drug-likeness (QED) is 0.640. The van der Waals surface area contributed by atoms with E-state index in [0.717, 1.165) is 25.2 Å². The van der Waals surface area contributed by atoms with E-state index in [2.05, 4.69) is 19.7 Å². The Balaban J connectivity index is 1.40. The Morgan fingerprint density at radius 3 is 2.69 bits per heavy atom. The Morgan fingerprint density at radius 2 is 1.93 bits per heavy atom. The maximum absolute atomic E-state index is 13.1. The molecule has 0 bridgehead atoms. The van der Waals surface area contributed by atoms with Gasteiger partial charge >= 0.3 is 0 Å². The summed E-state index contributed by atoms with van der Waals surface area (Å²) in [6, 6.07) is 13.3. The SMILES string of the molecule is O=S(=O)(NC[C@@H]1CCN(c2ccc(F)cc2)C1)c1ccccc1Cn1cncn1. The molecule has 1 saturated heterocycles. The molecular formula is C20H22FN5O2S. The number of nitrogens with one attached hydrogen (secondary N) is 1. The van der Waals surface area contributed by atoms with E-state index in [-0.39, 0.29) is 16.6 Å². The molecule has 0 unspecified atom stereocenters. The van der Waals surface area contributed by atoms with E-state index < -0.39 is 10.0 Å². The Bertz CT molecular complexity index is 1050. The van der Waals surface area contributed by atoms with Crippen molar-refractivity contribution in [2.24, 2.45) is 5.92 Å². The molecule has 0 radical (unpaired) electrons. The molecule has 29 heavy (non-hydrogen) atoms. The minimum absolute atomic E-state index is 0.192. The predicted octanol–water partition coefficient (Wildman–Crippen LogP) is 2.27. The molecule has 0 saturated carbocycles. The second-order valence-corrected chi connectivity index (χ2v) is 8.87. The van der Waals surface area contributed by atoms with E-state index in [9.17, 15) is 12.8 Å². The van der Waals surface area contributed by atoms with Crippen molar-refractivity contribution in [1.82, 2.24) is 19.5 Å². The lowest BCUT2D eigenvalue weighted by Crippen LogP contribution is -2.31. The van der Waals surface area contributed by atoms with E-state index in [4.69, 9.17) is 0 Å². The average molecular weight is 415 g/mol.